The van der Waals surface area contributed by atoms with Crippen LogP contribution in [-0.2, 0) is 0 Å². The SMILES string of the molecule is CC1CCN(c2nc3ccc(N)cc3s2)C1CO. The van der Waals surface area contributed by atoms with Crippen LogP contribution in [-0.4, -0.2) is 29.3 Å². The minimum Gasteiger partial charge on any atom is -0.399 e. The molecule has 0 aliphatic carbocycles. The molecule has 4 nitrogen and oxygen atoms in total. The molecule has 0 radical (unpaired) electrons. The maximum atomic E-state index is 9.50. The lowest BCUT2D eigenvalue weighted by Crippen LogP contribution is -2.35. The van der Waals surface area contributed by atoms with Gasteiger partial charge in [0.2, 0.25) is 0 Å². The van der Waals surface area contributed by atoms with E-state index < -0.39 is 0 Å². The molecule has 0 bridgehead atoms. The van der Waals surface area contributed by atoms with Crippen molar-refractivity contribution in [2.75, 3.05) is 23.8 Å². The van der Waals surface area contributed by atoms with Crippen LogP contribution in [0.3, 0.4) is 0 Å². The molecule has 5 heteroatoms. The molecule has 3 rings (SSSR count). The third-order valence-electron chi connectivity index (χ3n) is 3.72. The molecular formula is C13H17N3OS. The predicted molar refractivity (Wildman–Crippen MR) is 76.0 cm³/mol. The maximum Gasteiger partial charge on any atom is 0.186 e. The molecule has 18 heavy (non-hydrogen) atoms. The van der Waals surface area contributed by atoms with Gasteiger partial charge in [-0.25, -0.2) is 4.98 Å². The van der Waals surface area contributed by atoms with Gasteiger partial charge >= 0.3 is 0 Å². The number of anilines is 2. The van der Waals surface area contributed by atoms with Crippen LogP contribution in [0.1, 0.15) is 13.3 Å². The predicted octanol–water partition coefficient (Wildman–Crippen LogP) is 2.09. The highest BCUT2D eigenvalue weighted by atomic mass is 32.1. The lowest BCUT2D eigenvalue weighted by molar-refractivity contribution is 0.244. The summed E-state index contributed by atoms with van der Waals surface area (Å²) in [6.45, 7) is 3.35. The van der Waals surface area contributed by atoms with Crippen molar-refractivity contribution in [3.8, 4) is 0 Å². The van der Waals surface area contributed by atoms with E-state index in [0.717, 1.165) is 34.0 Å². The summed E-state index contributed by atoms with van der Waals surface area (Å²) in [7, 11) is 0. The number of aromatic nitrogens is 1. The van der Waals surface area contributed by atoms with Gasteiger partial charge in [0, 0.05) is 12.2 Å². The zero-order valence-corrected chi connectivity index (χ0v) is 11.2. The van der Waals surface area contributed by atoms with Gasteiger partial charge in [0.15, 0.2) is 5.13 Å². The van der Waals surface area contributed by atoms with Gasteiger partial charge in [0.1, 0.15) is 0 Å². The minimum absolute atomic E-state index is 0.194. The van der Waals surface area contributed by atoms with Crippen molar-refractivity contribution in [2.45, 2.75) is 19.4 Å². The van der Waals surface area contributed by atoms with Crippen LogP contribution < -0.4 is 10.6 Å². The lowest BCUT2D eigenvalue weighted by atomic mass is 10.0. The van der Waals surface area contributed by atoms with E-state index in [2.05, 4.69) is 16.8 Å². The Balaban J connectivity index is 1.99. The van der Waals surface area contributed by atoms with E-state index in [1.807, 2.05) is 18.2 Å². The molecule has 2 atom stereocenters. The number of nitrogen functional groups attached to an aromatic ring is 1. The first-order chi connectivity index (χ1) is 8.69. The molecule has 0 spiro atoms. The molecule has 1 aromatic carbocycles. The number of nitrogens with zero attached hydrogens (tertiary/aromatic N) is 2. The largest absolute Gasteiger partial charge is 0.399 e. The minimum atomic E-state index is 0.194. The fraction of sp³-hybridized carbons (Fsp3) is 0.462. The summed E-state index contributed by atoms with van der Waals surface area (Å²) in [5.41, 5.74) is 7.54. The van der Waals surface area contributed by atoms with Gasteiger partial charge in [0.05, 0.1) is 22.9 Å². The standard InChI is InChI=1S/C13H17N3OS/c1-8-4-5-16(11(8)7-17)13-15-10-3-2-9(14)6-12(10)18-13/h2-3,6,8,11,17H,4-5,7,14H2,1H3. The first-order valence-corrected chi connectivity index (χ1v) is 7.04. The van der Waals surface area contributed by atoms with Gasteiger partial charge < -0.3 is 15.7 Å². The molecule has 0 amide bonds. The molecule has 3 N–H and O–H groups in total. The third-order valence-corrected chi connectivity index (χ3v) is 4.77. The lowest BCUT2D eigenvalue weighted by Gasteiger charge is -2.24. The fourth-order valence-electron chi connectivity index (χ4n) is 2.58. The van der Waals surface area contributed by atoms with Crippen LogP contribution >= 0.6 is 11.3 Å². The molecule has 2 unspecified atom stereocenters. The Kier molecular flexibility index (Phi) is 2.87. The molecule has 1 aliphatic rings. The summed E-state index contributed by atoms with van der Waals surface area (Å²) < 4.78 is 1.11. The molecule has 1 aromatic heterocycles. The summed E-state index contributed by atoms with van der Waals surface area (Å²) >= 11 is 1.65. The molecule has 96 valence electrons. The highest BCUT2D eigenvalue weighted by Gasteiger charge is 2.32. The Morgan fingerprint density at radius 2 is 2.39 bits per heavy atom. The highest BCUT2D eigenvalue weighted by Crippen LogP contribution is 2.35. The van der Waals surface area contributed by atoms with Gasteiger partial charge in [0.25, 0.3) is 0 Å². The Labute approximate surface area is 110 Å². The van der Waals surface area contributed by atoms with Crippen LogP contribution in [0.4, 0.5) is 10.8 Å². The van der Waals surface area contributed by atoms with Crippen LogP contribution in [0.25, 0.3) is 10.2 Å². The summed E-state index contributed by atoms with van der Waals surface area (Å²) in [6.07, 6.45) is 1.11. The van der Waals surface area contributed by atoms with Gasteiger partial charge in [-0.3, -0.25) is 0 Å². The molecule has 1 fully saturated rings. The van der Waals surface area contributed by atoms with Crippen LogP contribution in [0.5, 0.6) is 0 Å². The maximum absolute atomic E-state index is 9.50. The van der Waals surface area contributed by atoms with Crippen molar-refractivity contribution < 1.29 is 5.11 Å². The average molecular weight is 263 g/mol. The van der Waals surface area contributed by atoms with Gasteiger partial charge in [-0.1, -0.05) is 18.3 Å². The second-order valence-corrected chi connectivity index (χ2v) is 5.94. The summed E-state index contributed by atoms with van der Waals surface area (Å²) in [4.78, 5) is 6.87. The zero-order valence-electron chi connectivity index (χ0n) is 10.3. The zero-order chi connectivity index (χ0) is 12.7. The smallest absolute Gasteiger partial charge is 0.186 e. The number of hydrogen-bond acceptors (Lipinski definition) is 5. The monoisotopic (exact) mass is 263 g/mol. The fourth-order valence-corrected chi connectivity index (χ4v) is 3.67. The summed E-state index contributed by atoms with van der Waals surface area (Å²) in [5.74, 6) is 0.520. The van der Waals surface area contributed by atoms with Crippen molar-refractivity contribution in [1.29, 1.82) is 0 Å². The molecule has 2 aromatic rings. The molecule has 1 aliphatic heterocycles. The highest BCUT2D eigenvalue weighted by molar-refractivity contribution is 7.22. The van der Waals surface area contributed by atoms with E-state index in [9.17, 15) is 5.11 Å². The van der Waals surface area contributed by atoms with E-state index in [-0.39, 0.29) is 12.6 Å². The first-order valence-electron chi connectivity index (χ1n) is 6.22. The molecular weight excluding hydrogens is 246 g/mol. The van der Waals surface area contributed by atoms with Crippen molar-refractivity contribution >= 4 is 32.4 Å². The number of thiazole rings is 1. The third kappa shape index (κ3) is 1.83. The summed E-state index contributed by atoms with van der Waals surface area (Å²) in [5, 5.41) is 10.5. The number of aliphatic hydroxyl groups is 1. The van der Waals surface area contributed by atoms with E-state index in [0.29, 0.717) is 5.92 Å². The number of benzene rings is 1. The number of nitrogens with two attached hydrogens (primary N) is 1. The number of hydrogen-bond donors (Lipinski definition) is 2. The van der Waals surface area contributed by atoms with Crippen molar-refractivity contribution in [1.82, 2.24) is 4.98 Å². The van der Waals surface area contributed by atoms with E-state index >= 15 is 0 Å². The van der Waals surface area contributed by atoms with Crippen LogP contribution in [0.2, 0.25) is 0 Å². The quantitative estimate of drug-likeness (QED) is 0.814. The molecule has 0 saturated carbocycles. The van der Waals surface area contributed by atoms with Crippen LogP contribution in [0.15, 0.2) is 18.2 Å². The van der Waals surface area contributed by atoms with E-state index in [1.54, 1.807) is 11.3 Å². The second kappa shape index (κ2) is 4.40. The van der Waals surface area contributed by atoms with E-state index in [4.69, 9.17) is 5.73 Å². The van der Waals surface area contributed by atoms with Gasteiger partial charge in [-0.05, 0) is 30.5 Å². The first kappa shape index (κ1) is 11.7. The van der Waals surface area contributed by atoms with Gasteiger partial charge in [-0.2, -0.15) is 0 Å². The van der Waals surface area contributed by atoms with Crippen LogP contribution in [0, 0.1) is 5.92 Å². The van der Waals surface area contributed by atoms with Crippen molar-refractivity contribution in [3.05, 3.63) is 18.2 Å². The van der Waals surface area contributed by atoms with E-state index in [1.165, 1.54) is 0 Å². The van der Waals surface area contributed by atoms with Crippen molar-refractivity contribution in [2.24, 2.45) is 5.92 Å². The Morgan fingerprint density at radius 1 is 1.56 bits per heavy atom. The Morgan fingerprint density at radius 3 is 3.17 bits per heavy atom. The average Bonchev–Trinajstić information content (AvgIpc) is 2.91. The summed E-state index contributed by atoms with van der Waals surface area (Å²) in [6, 6.07) is 5.99. The Hall–Kier alpha value is -1.33. The number of fused-ring (bicyclic) bond motifs is 1. The molecule has 1 saturated heterocycles. The number of rotatable bonds is 2. The second-order valence-electron chi connectivity index (χ2n) is 4.93. The van der Waals surface area contributed by atoms with Gasteiger partial charge in [-0.15, -0.1) is 0 Å². The normalized spacial score (nSPS) is 24.0. The Bertz CT molecular complexity index is 568. The topological polar surface area (TPSA) is 62.4 Å². The van der Waals surface area contributed by atoms with Crippen molar-refractivity contribution in [3.63, 3.8) is 0 Å². The number of aliphatic hydroxyl groups excluding tert-OH is 1. The molecule has 2 heterocycles.